The first kappa shape index (κ1) is 28.3. The number of carbonyl (C=O) groups excluding carboxylic acids is 3. The standard InChI is InChI=1S/C35H42O5/c1-6-33(4)20-24(3)35-17-15-23(2)34(5,32(35)28(36)16-18-35)29(21-33)40-31(38)22-39-30(37)14-12-25-11-13-26-9-7-8-10-27(26)19-25/h6-14,19,23-24,29,32H,1,15-18,20-22H2,2-5H3/b14-12+/t23-,24+,29-,32+,33+,34+,35+/m1/s1. The smallest absolute Gasteiger partial charge is 0.344 e. The fourth-order valence-electron chi connectivity index (χ4n) is 8.37. The Labute approximate surface area is 238 Å². The van der Waals surface area contributed by atoms with E-state index < -0.39 is 30.1 Å². The van der Waals surface area contributed by atoms with Gasteiger partial charge in [-0.05, 0) is 83.2 Å². The lowest BCUT2D eigenvalue weighted by Gasteiger charge is -2.60. The molecule has 3 saturated carbocycles. The number of allylic oxidation sites excluding steroid dienone is 1. The average molecular weight is 543 g/mol. The van der Waals surface area contributed by atoms with E-state index in [9.17, 15) is 14.4 Å². The molecule has 2 bridgehead atoms. The average Bonchev–Trinajstić information content (AvgIpc) is 3.30. The van der Waals surface area contributed by atoms with Crippen LogP contribution in [0.3, 0.4) is 0 Å². The molecule has 0 spiro atoms. The van der Waals surface area contributed by atoms with Crippen LogP contribution in [0, 0.1) is 34.0 Å². The Bertz CT molecular complexity index is 1360. The Hall–Kier alpha value is -3.21. The molecule has 212 valence electrons. The van der Waals surface area contributed by atoms with Gasteiger partial charge in [0.15, 0.2) is 6.61 Å². The molecule has 5 heteroatoms. The number of ether oxygens (including phenoxy) is 2. The van der Waals surface area contributed by atoms with Crippen LogP contribution in [0.1, 0.15) is 71.8 Å². The second-order valence-corrected chi connectivity index (χ2v) is 13.1. The highest BCUT2D eigenvalue weighted by molar-refractivity contribution is 5.90. The van der Waals surface area contributed by atoms with Crippen LogP contribution < -0.4 is 0 Å². The number of carbonyl (C=O) groups is 3. The van der Waals surface area contributed by atoms with Gasteiger partial charge >= 0.3 is 11.9 Å². The first-order valence-corrected chi connectivity index (χ1v) is 14.7. The number of ketones is 1. The van der Waals surface area contributed by atoms with Crippen LogP contribution in [0.15, 0.2) is 61.2 Å². The second-order valence-electron chi connectivity index (χ2n) is 13.1. The molecule has 0 N–H and O–H groups in total. The van der Waals surface area contributed by atoms with E-state index in [1.807, 2.05) is 48.5 Å². The van der Waals surface area contributed by atoms with E-state index in [2.05, 4.69) is 34.3 Å². The van der Waals surface area contributed by atoms with Crippen molar-refractivity contribution < 1.29 is 23.9 Å². The maximum atomic E-state index is 13.5. The number of hydrogen-bond donors (Lipinski definition) is 0. The van der Waals surface area contributed by atoms with Crippen LogP contribution in [-0.2, 0) is 23.9 Å². The van der Waals surface area contributed by atoms with E-state index in [1.54, 1.807) is 6.08 Å². The van der Waals surface area contributed by atoms with E-state index >= 15 is 0 Å². The summed E-state index contributed by atoms with van der Waals surface area (Å²) in [4.78, 5) is 39.1. The van der Waals surface area contributed by atoms with Crippen molar-refractivity contribution >= 4 is 34.6 Å². The summed E-state index contributed by atoms with van der Waals surface area (Å²) in [6.07, 6.45) is 9.62. The van der Waals surface area contributed by atoms with Crippen LogP contribution in [0.2, 0.25) is 0 Å². The molecular formula is C35H42O5. The van der Waals surface area contributed by atoms with Crippen LogP contribution in [0.25, 0.3) is 16.8 Å². The zero-order valence-corrected chi connectivity index (χ0v) is 24.3. The van der Waals surface area contributed by atoms with Gasteiger partial charge in [-0.15, -0.1) is 6.58 Å². The maximum Gasteiger partial charge on any atom is 0.344 e. The Kier molecular flexibility index (Phi) is 7.54. The predicted molar refractivity (Wildman–Crippen MR) is 157 cm³/mol. The van der Waals surface area contributed by atoms with Crippen molar-refractivity contribution in [2.45, 2.75) is 72.3 Å². The molecule has 5 nitrogen and oxygen atoms in total. The Morgan fingerprint density at radius 3 is 2.52 bits per heavy atom. The number of esters is 2. The van der Waals surface area contributed by atoms with Crippen molar-refractivity contribution in [3.8, 4) is 0 Å². The van der Waals surface area contributed by atoms with Crippen LogP contribution in [0.4, 0.5) is 0 Å². The van der Waals surface area contributed by atoms with Crippen LogP contribution >= 0.6 is 0 Å². The molecule has 0 aromatic heterocycles. The van der Waals surface area contributed by atoms with Crippen molar-refractivity contribution in [2.75, 3.05) is 6.61 Å². The highest BCUT2D eigenvalue weighted by Gasteiger charge is 2.66. The molecule has 3 fully saturated rings. The van der Waals surface area contributed by atoms with E-state index in [-0.39, 0.29) is 22.7 Å². The summed E-state index contributed by atoms with van der Waals surface area (Å²) in [7, 11) is 0. The minimum atomic E-state index is -0.602. The van der Waals surface area contributed by atoms with Crippen molar-refractivity contribution in [1.29, 1.82) is 0 Å². The summed E-state index contributed by atoms with van der Waals surface area (Å²) in [6, 6.07) is 13.9. The first-order valence-electron chi connectivity index (χ1n) is 14.7. The molecule has 0 heterocycles. The molecule has 2 aromatic carbocycles. The van der Waals surface area contributed by atoms with E-state index in [0.717, 1.165) is 42.0 Å². The molecule has 0 amide bonds. The quantitative estimate of drug-likeness (QED) is 0.217. The SMILES string of the molecule is C=C[C@@]1(C)C[C@H](C)[C@]23CCC(=O)[C@H]2[C@@](C)([C@H](C)CC3)[C@H](OC(=O)COC(=O)/C=C/c2ccc3ccccc3c2)C1. The molecule has 2 aromatic rings. The Balaban J connectivity index is 1.31. The zero-order valence-electron chi connectivity index (χ0n) is 24.3. The lowest BCUT2D eigenvalue weighted by atomic mass is 9.44. The van der Waals surface area contributed by atoms with E-state index in [0.29, 0.717) is 24.5 Å². The van der Waals surface area contributed by atoms with Crippen LogP contribution in [0.5, 0.6) is 0 Å². The summed E-state index contributed by atoms with van der Waals surface area (Å²) >= 11 is 0. The second kappa shape index (κ2) is 10.6. The van der Waals surface area contributed by atoms with Crippen molar-refractivity contribution in [3.63, 3.8) is 0 Å². The lowest BCUT2D eigenvalue weighted by molar-refractivity contribution is -0.195. The lowest BCUT2D eigenvalue weighted by Crippen LogP contribution is -2.60. The van der Waals surface area contributed by atoms with Gasteiger partial charge in [-0.25, -0.2) is 9.59 Å². The number of Topliss-reactive ketones (excluding diaryl/α,β-unsaturated/α-hetero) is 1. The fraction of sp³-hybridized carbons (Fsp3) is 0.514. The summed E-state index contributed by atoms with van der Waals surface area (Å²) in [5.74, 6) is -0.391. The predicted octanol–water partition coefficient (Wildman–Crippen LogP) is 7.33. The largest absolute Gasteiger partial charge is 0.459 e. The Morgan fingerprint density at radius 2 is 1.77 bits per heavy atom. The number of benzene rings is 2. The van der Waals surface area contributed by atoms with Crippen LogP contribution in [-0.4, -0.2) is 30.4 Å². The molecule has 0 unspecified atom stereocenters. The van der Waals surface area contributed by atoms with E-state index in [1.165, 1.54) is 6.08 Å². The highest BCUT2D eigenvalue weighted by atomic mass is 16.6. The van der Waals surface area contributed by atoms with Gasteiger partial charge in [0, 0.05) is 23.8 Å². The minimum Gasteiger partial charge on any atom is -0.459 e. The summed E-state index contributed by atoms with van der Waals surface area (Å²) in [5, 5.41) is 2.20. The molecule has 40 heavy (non-hydrogen) atoms. The Morgan fingerprint density at radius 1 is 1.02 bits per heavy atom. The summed E-state index contributed by atoms with van der Waals surface area (Å²) in [5.41, 5.74) is 0.0919. The molecule has 3 aliphatic carbocycles. The summed E-state index contributed by atoms with van der Waals surface area (Å²) < 4.78 is 11.5. The third-order valence-electron chi connectivity index (χ3n) is 10.8. The summed E-state index contributed by atoms with van der Waals surface area (Å²) in [6.45, 7) is 12.5. The van der Waals surface area contributed by atoms with Gasteiger partial charge in [-0.3, -0.25) is 4.79 Å². The first-order chi connectivity index (χ1) is 19.0. The highest BCUT2D eigenvalue weighted by Crippen LogP contribution is 2.67. The third kappa shape index (κ3) is 4.93. The monoisotopic (exact) mass is 542 g/mol. The van der Waals surface area contributed by atoms with Crippen molar-refractivity contribution in [2.24, 2.45) is 34.0 Å². The van der Waals surface area contributed by atoms with Gasteiger partial charge in [0.1, 0.15) is 11.9 Å². The number of rotatable bonds is 6. The third-order valence-corrected chi connectivity index (χ3v) is 10.8. The topological polar surface area (TPSA) is 69.7 Å². The van der Waals surface area contributed by atoms with Crippen molar-refractivity contribution in [3.05, 3.63) is 66.8 Å². The van der Waals surface area contributed by atoms with Gasteiger partial charge in [-0.2, -0.15) is 0 Å². The molecule has 0 aliphatic heterocycles. The number of fused-ring (bicyclic) bond motifs is 1. The van der Waals surface area contributed by atoms with Gasteiger partial charge in [0.25, 0.3) is 0 Å². The molecule has 7 atom stereocenters. The zero-order chi connectivity index (χ0) is 28.7. The fourth-order valence-corrected chi connectivity index (χ4v) is 8.37. The molecular weight excluding hydrogens is 500 g/mol. The molecule has 5 rings (SSSR count). The van der Waals surface area contributed by atoms with Gasteiger partial charge < -0.3 is 9.47 Å². The minimum absolute atomic E-state index is 0.0618. The molecule has 3 aliphatic rings. The normalized spacial score (nSPS) is 35.5. The maximum absolute atomic E-state index is 13.5. The van der Waals surface area contributed by atoms with Crippen molar-refractivity contribution in [1.82, 2.24) is 0 Å². The van der Waals surface area contributed by atoms with E-state index in [4.69, 9.17) is 9.47 Å². The molecule has 0 saturated heterocycles. The van der Waals surface area contributed by atoms with Gasteiger partial charge in [-0.1, -0.05) is 70.2 Å². The number of hydrogen-bond acceptors (Lipinski definition) is 5. The van der Waals surface area contributed by atoms with Gasteiger partial charge in [0.2, 0.25) is 0 Å². The molecule has 0 radical (unpaired) electrons. The van der Waals surface area contributed by atoms with Gasteiger partial charge in [0.05, 0.1) is 0 Å².